The minimum atomic E-state index is -0.439. The molecule has 0 amide bonds. The fraction of sp³-hybridized carbons (Fsp3) is 0.571. The number of hydrogen-bond acceptors (Lipinski definition) is 2. The van der Waals surface area contributed by atoms with Crippen molar-refractivity contribution < 1.29 is 9.50 Å². The molecule has 0 spiro atoms. The number of halogens is 1. The minimum absolute atomic E-state index is 0.201. The van der Waals surface area contributed by atoms with E-state index in [0.29, 0.717) is 0 Å². The largest absolute Gasteiger partial charge is 0.388 e. The van der Waals surface area contributed by atoms with Crippen LogP contribution in [-0.2, 0) is 6.42 Å². The number of nitrogens with zero attached hydrogens (tertiary/aromatic N) is 1. The lowest BCUT2D eigenvalue weighted by molar-refractivity contribution is 0.0953. The monoisotopic (exact) mass is 237 g/mol. The molecule has 2 atom stereocenters. The maximum Gasteiger partial charge on any atom is 0.123 e. The molecule has 2 rings (SSSR count). The normalized spacial score (nSPS) is 23.1. The minimum Gasteiger partial charge on any atom is -0.388 e. The van der Waals surface area contributed by atoms with E-state index >= 15 is 0 Å². The Labute approximate surface area is 102 Å². The van der Waals surface area contributed by atoms with Gasteiger partial charge in [0.05, 0.1) is 6.10 Å². The fourth-order valence-electron chi connectivity index (χ4n) is 2.67. The number of fused-ring (bicyclic) bond motifs is 1. The van der Waals surface area contributed by atoms with Gasteiger partial charge in [0.1, 0.15) is 5.82 Å². The van der Waals surface area contributed by atoms with Crippen LogP contribution in [0.2, 0.25) is 0 Å². The first-order valence-corrected chi connectivity index (χ1v) is 6.34. The Kier molecular flexibility index (Phi) is 3.79. The van der Waals surface area contributed by atoms with Crippen LogP contribution in [0.3, 0.4) is 0 Å². The first kappa shape index (κ1) is 12.5. The highest BCUT2D eigenvalue weighted by Crippen LogP contribution is 2.36. The van der Waals surface area contributed by atoms with E-state index in [2.05, 4.69) is 18.7 Å². The molecule has 0 heterocycles. The van der Waals surface area contributed by atoms with Gasteiger partial charge in [0.15, 0.2) is 0 Å². The summed E-state index contributed by atoms with van der Waals surface area (Å²) < 4.78 is 13.1. The van der Waals surface area contributed by atoms with Crippen molar-refractivity contribution in [2.24, 2.45) is 5.92 Å². The second-order valence-electron chi connectivity index (χ2n) is 4.74. The lowest BCUT2D eigenvalue weighted by atomic mass is 10.0. The van der Waals surface area contributed by atoms with E-state index in [0.717, 1.165) is 37.2 Å². The van der Waals surface area contributed by atoms with Gasteiger partial charge in [-0.2, -0.15) is 0 Å². The van der Waals surface area contributed by atoms with Crippen molar-refractivity contribution in [1.29, 1.82) is 0 Å². The van der Waals surface area contributed by atoms with Gasteiger partial charge in [-0.1, -0.05) is 19.9 Å². The topological polar surface area (TPSA) is 23.5 Å². The van der Waals surface area contributed by atoms with Crippen molar-refractivity contribution in [1.82, 2.24) is 4.90 Å². The van der Waals surface area contributed by atoms with Gasteiger partial charge < -0.3 is 10.0 Å². The molecular formula is C14H20FNO. The van der Waals surface area contributed by atoms with Crippen molar-refractivity contribution in [2.75, 3.05) is 19.6 Å². The van der Waals surface area contributed by atoms with Crippen LogP contribution in [-0.4, -0.2) is 29.6 Å². The van der Waals surface area contributed by atoms with Gasteiger partial charge in [-0.25, -0.2) is 4.39 Å². The van der Waals surface area contributed by atoms with Crippen LogP contribution in [0.25, 0.3) is 0 Å². The van der Waals surface area contributed by atoms with Crippen LogP contribution in [0.4, 0.5) is 4.39 Å². The lowest BCUT2D eigenvalue weighted by Crippen LogP contribution is -2.31. The molecule has 1 N–H and O–H groups in total. The molecule has 0 saturated carbocycles. The molecule has 0 saturated heterocycles. The van der Waals surface area contributed by atoms with Gasteiger partial charge in [-0.05, 0) is 42.8 Å². The summed E-state index contributed by atoms with van der Waals surface area (Å²) in [5, 5.41) is 10.2. The second kappa shape index (κ2) is 5.15. The Bertz CT molecular complexity index is 390. The van der Waals surface area contributed by atoms with Crippen LogP contribution >= 0.6 is 0 Å². The summed E-state index contributed by atoms with van der Waals surface area (Å²) in [5.74, 6) is -0.00820. The lowest BCUT2D eigenvalue weighted by Gasteiger charge is -2.24. The SMILES string of the molecule is CCN(CC)C[C@H]1Cc2cc(F)ccc2[C@H]1O. The van der Waals surface area contributed by atoms with Gasteiger partial charge >= 0.3 is 0 Å². The van der Waals surface area contributed by atoms with E-state index in [1.807, 2.05) is 0 Å². The molecule has 0 aromatic heterocycles. The summed E-state index contributed by atoms with van der Waals surface area (Å²) in [4.78, 5) is 2.30. The van der Waals surface area contributed by atoms with Crippen LogP contribution in [0, 0.1) is 11.7 Å². The summed E-state index contributed by atoms with van der Waals surface area (Å²) in [6.45, 7) is 7.11. The zero-order valence-electron chi connectivity index (χ0n) is 10.5. The molecule has 0 aliphatic heterocycles. The molecule has 94 valence electrons. The third-order valence-electron chi connectivity index (χ3n) is 3.74. The third kappa shape index (κ3) is 2.50. The molecule has 3 heteroatoms. The Balaban J connectivity index is 2.11. The number of aliphatic hydroxyl groups is 1. The molecule has 1 aliphatic carbocycles. The average Bonchev–Trinajstić information content (AvgIpc) is 2.62. The highest BCUT2D eigenvalue weighted by molar-refractivity contribution is 5.35. The molecule has 1 aromatic rings. The first-order valence-electron chi connectivity index (χ1n) is 6.34. The zero-order valence-corrected chi connectivity index (χ0v) is 10.5. The van der Waals surface area contributed by atoms with Crippen molar-refractivity contribution in [2.45, 2.75) is 26.4 Å². The molecule has 2 nitrogen and oxygen atoms in total. The van der Waals surface area contributed by atoms with E-state index in [9.17, 15) is 9.50 Å². The van der Waals surface area contributed by atoms with Crippen molar-refractivity contribution in [3.63, 3.8) is 0 Å². The molecule has 0 bridgehead atoms. The smallest absolute Gasteiger partial charge is 0.123 e. The highest BCUT2D eigenvalue weighted by Gasteiger charge is 2.31. The van der Waals surface area contributed by atoms with Crippen LogP contribution in [0.5, 0.6) is 0 Å². The van der Waals surface area contributed by atoms with E-state index in [1.165, 1.54) is 6.07 Å². The molecule has 1 aromatic carbocycles. The van der Waals surface area contributed by atoms with Crippen molar-refractivity contribution in [3.05, 3.63) is 35.1 Å². The number of benzene rings is 1. The standard InChI is InChI=1S/C14H20FNO/c1-3-16(4-2)9-11-7-10-8-12(15)5-6-13(10)14(11)17/h5-6,8,11,14,17H,3-4,7,9H2,1-2H3/t11-,14+/m1/s1. The van der Waals surface area contributed by atoms with Crippen LogP contribution in [0.1, 0.15) is 31.1 Å². The van der Waals surface area contributed by atoms with E-state index in [4.69, 9.17) is 0 Å². The quantitative estimate of drug-likeness (QED) is 0.869. The molecule has 0 unspecified atom stereocenters. The third-order valence-corrected chi connectivity index (χ3v) is 3.74. The molecule has 17 heavy (non-hydrogen) atoms. The number of hydrogen-bond donors (Lipinski definition) is 1. The Morgan fingerprint density at radius 3 is 2.71 bits per heavy atom. The van der Waals surface area contributed by atoms with Gasteiger partial charge in [0.2, 0.25) is 0 Å². The predicted octanol–water partition coefficient (Wildman–Crippen LogP) is 2.37. The van der Waals surface area contributed by atoms with Gasteiger partial charge in [0.25, 0.3) is 0 Å². The number of rotatable bonds is 4. The molecule has 0 radical (unpaired) electrons. The summed E-state index contributed by atoms with van der Waals surface area (Å²) in [5.41, 5.74) is 1.87. The van der Waals surface area contributed by atoms with E-state index in [1.54, 1.807) is 12.1 Å². The maximum absolute atomic E-state index is 13.1. The Morgan fingerprint density at radius 2 is 2.06 bits per heavy atom. The molecule has 1 aliphatic rings. The fourth-order valence-corrected chi connectivity index (χ4v) is 2.67. The van der Waals surface area contributed by atoms with Gasteiger partial charge in [-0.3, -0.25) is 0 Å². The summed E-state index contributed by atoms with van der Waals surface area (Å²) in [7, 11) is 0. The second-order valence-corrected chi connectivity index (χ2v) is 4.74. The molecular weight excluding hydrogens is 217 g/mol. The van der Waals surface area contributed by atoms with Crippen molar-refractivity contribution >= 4 is 0 Å². The average molecular weight is 237 g/mol. The summed E-state index contributed by atoms with van der Waals surface area (Å²) in [6, 6.07) is 4.71. The van der Waals surface area contributed by atoms with Crippen LogP contribution in [0.15, 0.2) is 18.2 Å². The highest BCUT2D eigenvalue weighted by atomic mass is 19.1. The summed E-state index contributed by atoms with van der Waals surface area (Å²) in [6.07, 6.45) is 0.344. The van der Waals surface area contributed by atoms with Gasteiger partial charge in [-0.15, -0.1) is 0 Å². The molecule has 0 fully saturated rings. The van der Waals surface area contributed by atoms with Crippen LogP contribution < -0.4 is 0 Å². The zero-order chi connectivity index (χ0) is 12.4. The maximum atomic E-state index is 13.1. The van der Waals surface area contributed by atoms with E-state index in [-0.39, 0.29) is 11.7 Å². The number of aliphatic hydroxyl groups excluding tert-OH is 1. The summed E-state index contributed by atoms with van der Waals surface area (Å²) >= 11 is 0. The van der Waals surface area contributed by atoms with Gasteiger partial charge in [0, 0.05) is 12.5 Å². The Hall–Kier alpha value is -0.930. The Morgan fingerprint density at radius 1 is 1.35 bits per heavy atom. The predicted molar refractivity (Wildman–Crippen MR) is 66.3 cm³/mol. The van der Waals surface area contributed by atoms with Crippen molar-refractivity contribution in [3.8, 4) is 0 Å². The van der Waals surface area contributed by atoms with E-state index < -0.39 is 6.10 Å². The first-order chi connectivity index (χ1) is 8.15.